The fraction of sp³-hybridized carbons (Fsp3) is 0.222. The minimum atomic E-state index is -4.85. The Kier molecular flexibility index (Phi) is 4.27. The van der Waals surface area contributed by atoms with Crippen molar-refractivity contribution in [1.82, 2.24) is 0 Å². The molecule has 0 bridgehead atoms. The highest BCUT2D eigenvalue weighted by Crippen LogP contribution is 2.36. The first-order valence-corrected chi connectivity index (χ1v) is 4.67. The third-order valence-corrected chi connectivity index (χ3v) is 1.90. The Morgan fingerprint density at radius 1 is 1.47 bits per heavy atom. The summed E-state index contributed by atoms with van der Waals surface area (Å²) in [6.45, 7) is -0.867. The van der Waals surface area contributed by atoms with E-state index in [-0.39, 0.29) is 0 Å². The van der Waals surface area contributed by atoms with Crippen LogP contribution in [0.2, 0.25) is 0 Å². The Morgan fingerprint density at radius 2 is 2.11 bits per heavy atom. The second-order valence-corrected chi connectivity index (χ2v) is 3.27. The molecule has 1 aromatic rings. The normalized spacial score (nSPS) is 11.1. The number of hydrogen-bond acceptors (Lipinski definition) is 5. The fourth-order valence-corrected chi connectivity index (χ4v) is 1.14. The molecule has 7 nitrogen and oxygen atoms in total. The first-order chi connectivity index (χ1) is 8.71. The highest BCUT2D eigenvalue weighted by Gasteiger charge is 2.35. The van der Waals surface area contributed by atoms with E-state index >= 15 is 0 Å². The molecule has 0 unspecified atom stereocenters. The van der Waals surface area contributed by atoms with E-state index in [0.29, 0.717) is 6.07 Å². The monoisotopic (exact) mass is 280 g/mol. The van der Waals surface area contributed by atoms with Gasteiger partial charge < -0.3 is 5.11 Å². The van der Waals surface area contributed by atoms with E-state index < -0.39 is 40.6 Å². The zero-order chi connectivity index (χ0) is 14.6. The van der Waals surface area contributed by atoms with Crippen LogP contribution in [-0.4, -0.2) is 22.6 Å². The van der Waals surface area contributed by atoms with E-state index in [1.165, 1.54) is 0 Å². The summed E-state index contributed by atoms with van der Waals surface area (Å²) in [6.07, 6.45) is -4.85. The molecule has 0 atom stereocenters. The van der Waals surface area contributed by atoms with E-state index in [2.05, 4.69) is 4.84 Å². The van der Waals surface area contributed by atoms with Gasteiger partial charge in [0.1, 0.15) is 0 Å². The zero-order valence-electron chi connectivity index (χ0n) is 9.10. The van der Waals surface area contributed by atoms with Crippen LogP contribution in [0.3, 0.4) is 0 Å². The van der Waals surface area contributed by atoms with Crippen LogP contribution in [0.15, 0.2) is 18.2 Å². The lowest BCUT2D eigenvalue weighted by Crippen LogP contribution is -2.15. The number of nitro benzene ring substituents is 1. The summed E-state index contributed by atoms with van der Waals surface area (Å²) in [5.74, 6) is -1.39. The Labute approximate surface area is 103 Å². The molecule has 0 aliphatic carbocycles. The SMILES string of the molecule is O=C(O)CONc1ccc([N+](=O)[O-])cc1C(F)(F)F. The maximum atomic E-state index is 12.6. The Hall–Kier alpha value is -2.36. The van der Waals surface area contributed by atoms with Gasteiger partial charge in [-0.25, -0.2) is 4.79 Å². The minimum Gasteiger partial charge on any atom is -0.479 e. The molecule has 0 amide bonds. The number of carbonyl (C=O) groups is 1. The molecule has 0 aliphatic heterocycles. The molecule has 0 radical (unpaired) electrons. The van der Waals surface area contributed by atoms with Crippen molar-refractivity contribution in [2.45, 2.75) is 6.18 Å². The predicted molar refractivity (Wildman–Crippen MR) is 55.3 cm³/mol. The largest absolute Gasteiger partial charge is 0.479 e. The Balaban J connectivity index is 3.03. The number of hydrogen-bond donors (Lipinski definition) is 2. The van der Waals surface area contributed by atoms with Gasteiger partial charge in [0.25, 0.3) is 5.69 Å². The topological polar surface area (TPSA) is 102 Å². The van der Waals surface area contributed by atoms with Crippen LogP contribution in [0.5, 0.6) is 0 Å². The van der Waals surface area contributed by atoms with Crippen LogP contribution in [0, 0.1) is 10.1 Å². The first kappa shape index (κ1) is 14.7. The van der Waals surface area contributed by atoms with Crippen molar-refractivity contribution >= 4 is 17.3 Å². The van der Waals surface area contributed by atoms with Crippen LogP contribution < -0.4 is 5.48 Å². The van der Waals surface area contributed by atoms with E-state index in [0.717, 1.165) is 12.1 Å². The molecule has 1 rings (SSSR count). The van der Waals surface area contributed by atoms with Gasteiger partial charge in [-0.1, -0.05) is 0 Å². The lowest BCUT2D eigenvalue weighted by Gasteiger charge is -2.13. The van der Waals surface area contributed by atoms with Gasteiger partial charge in [-0.05, 0) is 6.07 Å². The Bertz CT molecular complexity index is 503. The van der Waals surface area contributed by atoms with Gasteiger partial charge in [-0.15, -0.1) is 0 Å². The van der Waals surface area contributed by atoms with Crippen molar-refractivity contribution in [2.24, 2.45) is 0 Å². The molecule has 10 heteroatoms. The smallest absolute Gasteiger partial charge is 0.418 e. The number of alkyl halides is 3. The number of benzene rings is 1. The van der Waals surface area contributed by atoms with Gasteiger partial charge in [-0.3, -0.25) is 20.4 Å². The summed E-state index contributed by atoms with van der Waals surface area (Å²) in [5, 5.41) is 18.7. The van der Waals surface area contributed by atoms with E-state index in [1.807, 2.05) is 0 Å². The molecule has 0 saturated carbocycles. The third-order valence-electron chi connectivity index (χ3n) is 1.90. The molecule has 2 N–H and O–H groups in total. The van der Waals surface area contributed by atoms with E-state index in [9.17, 15) is 28.1 Å². The van der Waals surface area contributed by atoms with Crippen molar-refractivity contribution in [1.29, 1.82) is 0 Å². The highest BCUT2D eigenvalue weighted by atomic mass is 19.4. The fourth-order valence-electron chi connectivity index (χ4n) is 1.14. The number of rotatable bonds is 5. The average Bonchev–Trinajstić information content (AvgIpc) is 2.27. The maximum Gasteiger partial charge on any atom is 0.418 e. The number of nitro groups is 1. The van der Waals surface area contributed by atoms with Crippen LogP contribution in [-0.2, 0) is 15.8 Å². The van der Waals surface area contributed by atoms with Crippen LogP contribution in [0.4, 0.5) is 24.5 Å². The summed E-state index contributed by atoms with van der Waals surface area (Å²) in [5.41, 5.74) is -0.884. The molecular weight excluding hydrogens is 273 g/mol. The average molecular weight is 280 g/mol. The van der Waals surface area contributed by atoms with Gasteiger partial charge in [0, 0.05) is 12.1 Å². The van der Waals surface area contributed by atoms with Gasteiger partial charge in [0.05, 0.1) is 16.2 Å². The maximum absolute atomic E-state index is 12.6. The molecule has 0 spiro atoms. The molecule has 0 fully saturated rings. The van der Waals surface area contributed by atoms with Crippen molar-refractivity contribution in [3.63, 3.8) is 0 Å². The molecular formula is C9H7F3N2O5. The Morgan fingerprint density at radius 3 is 2.58 bits per heavy atom. The number of aliphatic carboxylic acids is 1. The van der Waals surface area contributed by atoms with Crippen molar-refractivity contribution in [3.05, 3.63) is 33.9 Å². The van der Waals surface area contributed by atoms with Crippen molar-refractivity contribution < 1.29 is 32.8 Å². The van der Waals surface area contributed by atoms with E-state index in [1.54, 1.807) is 5.48 Å². The number of anilines is 1. The number of carboxylic acid groups (broad SMARTS) is 1. The molecule has 104 valence electrons. The number of nitrogens with one attached hydrogen (secondary N) is 1. The molecule has 19 heavy (non-hydrogen) atoms. The predicted octanol–water partition coefficient (Wildman–Crippen LogP) is 2.04. The summed E-state index contributed by atoms with van der Waals surface area (Å²) in [7, 11) is 0. The second kappa shape index (κ2) is 5.52. The van der Waals surface area contributed by atoms with Crippen LogP contribution >= 0.6 is 0 Å². The third kappa shape index (κ3) is 4.10. The molecule has 0 aliphatic rings. The zero-order valence-corrected chi connectivity index (χ0v) is 9.10. The summed E-state index contributed by atoms with van der Waals surface area (Å²) in [6, 6.07) is 1.94. The summed E-state index contributed by atoms with van der Waals surface area (Å²) < 4.78 is 37.9. The number of nitrogens with zero attached hydrogens (tertiary/aromatic N) is 1. The van der Waals surface area contributed by atoms with E-state index in [4.69, 9.17) is 5.11 Å². The molecule has 0 aromatic heterocycles. The lowest BCUT2D eigenvalue weighted by atomic mass is 10.1. The lowest BCUT2D eigenvalue weighted by molar-refractivity contribution is -0.385. The van der Waals surface area contributed by atoms with Crippen LogP contribution in [0.1, 0.15) is 5.56 Å². The highest BCUT2D eigenvalue weighted by molar-refractivity contribution is 5.68. The summed E-state index contributed by atoms with van der Waals surface area (Å²) in [4.78, 5) is 23.9. The number of halogens is 3. The van der Waals surface area contributed by atoms with Gasteiger partial charge in [0.15, 0.2) is 6.61 Å². The van der Waals surface area contributed by atoms with Gasteiger partial charge in [-0.2, -0.15) is 13.2 Å². The van der Waals surface area contributed by atoms with Gasteiger partial charge in [0.2, 0.25) is 0 Å². The number of non-ortho nitro benzene ring substituents is 1. The van der Waals surface area contributed by atoms with Crippen molar-refractivity contribution in [3.8, 4) is 0 Å². The molecule has 0 heterocycles. The van der Waals surface area contributed by atoms with Crippen molar-refractivity contribution in [2.75, 3.05) is 12.1 Å². The standard InChI is InChI=1S/C9H7F3N2O5/c10-9(11,12)6-3-5(14(17)18)1-2-7(6)13-19-4-8(15)16/h1-3,13H,4H2,(H,15,16). The van der Waals surface area contributed by atoms with Crippen LogP contribution in [0.25, 0.3) is 0 Å². The van der Waals surface area contributed by atoms with Gasteiger partial charge >= 0.3 is 12.1 Å². The first-order valence-electron chi connectivity index (χ1n) is 4.67. The number of carboxylic acids is 1. The second-order valence-electron chi connectivity index (χ2n) is 3.27. The molecule has 1 aromatic carbocycles. The quantitative estimate of drug-likeness (QED) is 0.632. The molecule has 0 saturated heterocycles. The summed E-state index contributed by atoms with van der Waals surface area (Å²) >= 11 is 0. The minimum absolute atomic E-state index is 0.326.